The van der Waals surface area contributed by atoms with Crippen LogP contribution in [0.15, 0.2) is 18.3 Å². The van der Waals surface area contributed by atoms with Gasteiger partial charge in [0, 0.05) is 23.6 Å². The molecule has 0 spiro atoms. The molecule has 5 heteroatoms. The lowest BCUT2D eigenvalue weighted by Gasteiger charge is -2.17. The highest BCUT2D eigenvalue weighted by atomic mass is 19.1. The molecule has 0 saturated carbocycles. The van der Waals surface area contributed by atoms with Gasteiger partial charge in [-0.2, -0.15) is 0 Å². The standard InChI is InChI=1S/C16H17F2N3/c1-8-4-13(18)10(6-12(8)17)15-7-19-16(21-15)11-5-9-2-3-14(11)20-9/h4,6-7,9,11,14,20H,2-3,5H2,1H3,(H,19,21). The van der Waals surface area contributed by atoms with Gasteiger partial charge in [-0.3, -0.25) is 0 Å². The van der Waals surface area contributed by atoms with Crippen LogP contribution in [0.4, 0.5) is 8.78 Å². The molecule has 2 aliphatic heterocycles. The Morgan fingerprint density at radius 1 is 1.19 bits per heavy atom. The molecule has 2 fully saturated rings. The summed E-state index contributed by atoms with van der Waals surface area (Å²) in [7, 11) is 0. The van der Waals surface area contributed by atoms with Crippen LogP contribution in [0.2, 0.25) is 0 Å². The van der Waals surface area contributed by atoms with Crippen molar-refractivity contribution in [2.75, 3.05) is 0 Å². The van der Waals surface area contributed by atoms with Crippen molar-refractivity contribution >= 4 is 0 Å². The number of nitrogens with one attached hydrogen (secondary N) is 2. The zero-order valence-corrected chi connectivity index (χ0v) is 11.8. The van der Waals surface area contributed by atoms with E-state index in [1.807, 2.05) is 0 Å². The summed E-state index contributed by atoms with van der Waals surface area (Å²) >= 11 is 0. The van der Waals surface area contributed by atoms with Crippen LogP contribution in [-0.4, -0.2) is 22.1 Å². The Hall–Kier alpha value is -1.75. The molecule has 3 unspecified atom stereocenters. The van der Waals surface area contributed by atoms with E-state index in [0.29, 0.717) is 29.3 Å². The second kappa shape index (κ2) is 4.63. The van der Waals surface area contributed by atoms with E-state index in [9.17, 15) is 8.78 Å². The van der Waals surface area contributed by atoms with Crippen molar-refractivity contribution < 1.29 is 8.78 Å². The lowest BCUT2D eigenvalue weighted by Crippen LogP contribution is -2.22. The first-order valence-corrected chi connectivity index (χ1v) is 7.39. The van der Waals surface area contributed by atoms with Crippen molar-refractivity contribution in [3.8, 4) is 11.3 Å². The second-order valence-electron chi connectivity index (χ2n) is 6.15. The first kappa shape index (κ1) is 13.0. The smallest absolute Gasteiger partial charge is 0.133 e. The van der Waals surface area contributed by atoms with Crippen LogP contribution >= 0.6 is 0 Å². The van der Waals surface area contributed by atoms with Gasteiger partial charge in [0.15, 0.2) is 0 Å². The van der Waals surface area contributed by atoms with Gasteiger partial charge in [0.1, 0.15) is 17.5 Å². The average molecular weight is 289 g/mol. The molecule has 4 rings (SSSR count). The fourth-order valence-corrected chi connectivity index (χ4v) is 3.64. The third-order valence-electron chi connectivity index (χ3n) is 4.79. The van der Waals surface area contributed by atoms with Crippen molar-refractivity contribution in [3.05, 3.63) is 41.4 Å². The number of halogens is 2. The van der Waals surface area contributed by atoms with E-state index in [1.54, 1.807) is 13.1 Å². The maximum absolute atomic E-state index is 14.0. The molecule has 0 radical (unpaired) electrons. The monoisotopic (exact) mass is 289 g/mol. The summed E-state index contributed by atoms with van der Waals surface area (Å²) in [5.41, 5.74) is 1.10. The predicted octanol–water partition coefficient (Wildman–Crippen LogP) is 3.27. The molecule has 21 heavy (non-hydrogen) atoms. The molecule has 1 aromatic heterocycles. The normalized spacial score (nSPS) is 27.5. The minimum absolute atomic E-state index is 0.243. The molecule has 3 heterocycles. The maximum atomic E-state index is 14.0. The summed E-state index contributed by atoms with van der Waals surface area (Å²) in [6.07, 6.45) is 5.07. The van der Waals surface area contributed by atoms with E-state index in [1.165, 1.54) is 25.0 Å². The van der Waals surface area contributed by atoms with Crippen LogP contribution in [0.25, 0.3) is 11.3 Å². The molecule has 1 aromatic carbocycles. The summed E-state index contributed by atoms with van der Waals surface area (Å²) in [5.74, 6) is 0.417. The molecule has 3 atom stereocenters. The number of aromatic amines is 1. The zero-order chi connectivity index (χ0) is 14.6. The highest BCUT2D eigenvalue weighted by molar-refractivity contribution is 5.60. The van der Waals surface area contributed by atoms with Gasteiger partial charge in [-0.15, -0.1) is 0 Å². The Morgan fingerprint density at radius 3 is 2.76 bits per heavy atom. The zero-order valence-electron chi connectivity index (χ0n) is 11.8. The quantitative estimate of drug-likeness (QED) is 0.891. The molecule has 2 N–H and O–H groups in total. The first-order chi connectivity index (χ1) is 10.1. The molecule has 0 amide bonds. The summed E-state index contributed by atoms with van der Waals surface area (Å²) in [4.78, 5) is 7.59. The van der Waals surface area contributed by atoms with Crippen LogP contribution in [-0.2, 0) is 0 Å². The number of nitrogens with zero attached hydrogens (tertiary/aromatic N) is 1. The average Bonchev–Trinajstić information content (AvgIpc) is 3.17. The number of rotatable bonds is 2. The van der Waals surface area contributed by atoms with E-state index < -0.39 is 11.6 Å². The Kier molecular flexibility index (Phi) is 2.85. The van der Waals surface area contributed by atoms with Gasteiger partial charge < -0.3 is 10.3 Å². The summed E-state index contributed by atoms with van der Waals surface area (Å²) in [6.45, 7) is 1.56. The van der Waals surface area contributed by atoms with Gasteiger partial charge in [-0.25, -0.2) is 13.8 Å². The SMILES string of the molecule is Cc1cc(F)c(-c2cnc(C3CC4CCC3N4)[nH]2)cc1F. The first-order valence-electron chi connectivity index (χ1n) is 7.39. The fourth-order valence-electron chi connectivity index (χ4n) is 3.64. The van der Waals surface area contributed by atoms with Gasteiger partial charge >= 0.3 is 0 Å². The van der Waals surface area contributed by atoms with Crippen LogP contribution in [0.5, 0.6) is 0 Å². The van der Waals surface area contributed by atoms with E-state index in [0.717, 1.165) is 12.2 Å². The minimum atomic E-state index is -0.421. The number of benzene rings is 1. The van der Waals surface area contributed by atoms with E-state index in [4.69, 9.17) is 0 Å². The number of fused-ring (bicyclic) bond motifs is 2. The van der Waals surface area contributed by atoms with Gasteiger partial charge in [-0.1, -0.05) is 0 Å². The van der Waals surface area contributed by atoms with Gasteiger partial charge in [0.25, 0.3) is 0 Å². The maximum Gasteiger partial charge on any atom is 0.133 e. The molecular weight excluding hydrogens is 272 g/mol. The highest BCUT2D eigenvalue weighted by Gasteiger charge is 2.41. The van der Waals surface area contributed by atoms with Crippen molar-refractivity contribution in [3.63, 3.8) is 0 Å². The molecule has 2 bridgehead atoms. The molecule has 0 aliphatic carbocycles. The Morgan fingerprint density at radius 2 is 2.05 bits per heavy atom. The van der Waals surface area contributed by atoms with Crippen molar-refractivity contribution in [1.82, 2.24) is 15.3 Å². The molecular formula is C16H17F2N3. The molecule has 2 aliphatic rings. The van der Waals surface area contributed by atoms with Gasteiger partial charge in [0.2, 0.25) is 0 Å². The fraction of sp³-hybridized carbons (Fsp3) is 0.438. The summed E-state index contributed by atoms with van der Waals surface area (Å²) in [5, 5.41) is 3.56. The Bertz CT molecular complexity index is 695. The third-order valence-corrected chi connectivity index (χ3v) is 4.79. The van der Waals surface area contributed by atoms with Crippen LogP contribution < -0.4 is 5.32 Å². The highest BCUT2D eigenvalue weighted by Crippen LogP contribution is 2.39. The molecule has 3 nitrogen and oxygen atoms in total. The molecule has 110 valence electrons. The van der Waals surface area contributed by atoms with Crippen LogP contribution in [0, 0.1) is 18.6 Å². The van der Waals surface area contributed by atoms with Gasteiger partial charge in [-0.05, 0) is 43.9 Å². The number of aromatic nitrogens is 2. The topological polar surface area (TPSA) is 40.7 Å². The summed E-state index contributed by atoms with van der Waals surface area (Å²) in [6, 6.07) is 3.52. The Labute approximate surface area is 121 Å². The van der Waals surface area contributed by atoms with Crippen molar-refractivity contribution in [2.45, 2.75) is 44.2 Å². The van der Waals surface area contributed by atoms with Crippen molar-refractivity contribution in [2.24, 2.45) is 0 Å². The van der Waals surface area contributed by atoms with E-state index in [-0.39, 0.29) is 5.56 Å². The number of aryl methyl sites for hydroxylation is 1. The van der Waals surface area contributed by atoms with E-state index in [2.05, 4.69) is 15.3 Å². The Balaban J connectivity index is 1.67. The largest absolute Gasteiger partial charge is 0.342 e. The number of hydrogen-bond acceptors (Lipinski definition) is 2. The number of H-pyrrole nitrogens is 1. The van der Waals surface area contributed by atoms with Crippen molar-refractivity contribution in [1.29, 1.82) is 0 Å². The molecule has 2 saturated heterocycles. The number of imidazole rings is 1. The van der Waals surface area contributed by atoms with Crippen LogP contribution in [0.3, 0.4) is 0 Å². The van der Waals surface area contributed by atoms with Crippen LogP contribution in [0.1, 0.15) is 36.6 Å². The lowest BCUT2D eigenvalue weighted by atomic mass is 9.89. The number of hydrogen-bond donors (Lipinski definition) is 2. The van der Waals surface area contributed by atoms with Gasteiger partial charge in [0.05, 0.1) is 11.9 Å². The predicted molar refractivity (Wildman–Crippen MR) is 76.0 cm³/mol. The third kappa shape index (κ3) is 2.07. The minimum Gasteiger partial charge on any atom is -0.342 e. The second-order valence-corrected chi connectivity index (χ2v) is 6.15. The molecule has 2 aromatic rings. The van der Waals surface area contributed by atoms with E-state index >= 15 is 0 Å². The summed E-state index contributed by atoms with van der Waals surface area (Å²) < 4.78 is 27.7. The lowest BCUT2D eigenvalue weighted by molar-refractivity contribution is 0.490.